The first-order chi connectivity index (χ1) is 24.1. The molecule has 0 fully saturated rings. The van der Waals surface area contributed by atoms with Crippen LogP contribution in [0.15, 0.2) is 12.2 Å². The highest BCUT2D eigenvalue weighted by Gasteiger charge is 2.14. The molecule has 0 aromatic heterocycles. The Morgan fingerprint density at radius 3 is 1.61 bits per heavy atom. The number of unbranched alkanes of at least 4 members (excludes halogenated alkanes) is 19. The zero-order valence-corrected chi connectivity index (χ0v) is 32.7. The third-order valence-corrected chi connectivity index (χ3v) is 9.30. The molecule has 0 unspecified atom stereocenters. The zero-order chi connectivity index (χ0) is 35.9. The maximum Gasteiger partial charge on any atom is 0.508 e. The summed E-state index contributed by atoms with van der Waals surface area (Å²) in [6.07, 6.45) is 35.3. The lowest BCUT2D eigenvalue weighted by atomic mass is 10.0. The van der Waals surface area contributed by atoms with Crippen molar-refractivity contribution in [2.45, 2.75) is 207 Å². The highest BCUT2D eigenvalue weighted by atomic mass is 16.7. The summed E-state index contributed by atoms with van der Waals surface area (Å²) in [5.41, 5.74) is 0. The molecule has 0 aromatic rings. The number of ether oxygens (including phenoxy) is 3. The van der Waals surface area contributed by atoms with Gasteiger partial charge in [0, 0.05) is 13.0 Å². The number of aliphatic hydroxyl groups excluding tert-OH is 1. The van der Waals surface area contributed by atoms with Crippen molar-refractivity contribution in [3.8, 4) is 0 Å². The van der Waals surface area contributed by atoms with Gasteiger partial charge in [0.05, 0.1) is 19.8 Å². The molecule has 0 radical (unpaired) electrons. The van der Waals surface area contributed by atoms with Crippen molar-refractivity contribution in [1.29, 1.82) is 0 Å². The Morgan fingerprint density at radius 2 is 1.06 bits per heavy atom. The Morgan fingerprint density at radius 1 is 0.571 bits per heavy atom. The zero-order valence-electron chi connectivity index (χ0n) is 32.7. The molecule has 1 N–H and O–H groups in total. The molecule has 7 heteroatoms. The molecule has 0 heterocycles. The average molecular weight is 696 g/mol. The van der Waals surface area contributed by atoms with Crippen LogP contribution in [0, 0.1) is 0 Å². The predicted octanol–water partition coefficient (Wildman–Crippen LogP) is 11.9. The number of hydrogen-bond donors (Lipinski definition) is 1. The second kappa shape index (κ2) is 39.2. The molecule has 0 rings (SSSR count). The molecule has 0 aliphatic rings. The van der Waals surface area contributed by atoms with E-state index in [2.05, 4.69) is 37.8 Å². The Bertz CT molecular complexity index is 714. The highest BCUT2D eigenvalue weighted by molar-refractivity contribution is 5.69. The van der Waals surface area contributed by atoms with Gasteiger partial charge in [0.15, 0.2) is 0 Å². The van der Waals surface area contributed by atoms with Crippen molar-refractivity contribution < 1.29 is 28.9 Å². The number of esters is 1. The lowest BCUT2D eigenvalue weighted by molar-refractivity contribution is -0.150. The summed E-state index contributed by atoms with van der Waals surface area (Å²) in [6.45, 7) is 10.3. The molecule has 49 heavy (non-hydrogen) atoms. The van der Waals surface area contributed by atoms with E-state index in [-0.39, 0.29) is 18.7 Å². The summed E-state index contributed by atoms with van der Waals surface area (Å²) in [5, 5.41) is 9.50. The van der Waals surface area contributed by atoms with Crippen LogP contribution in [0.4, 0.5) is 4.79 Å². The van der Waals surface area contributed by atoms with E-state index in [0.29, 0.717) is 26.2 Å². The summed E-state index contributed by atoms with van der Waals surface area (Å²) in [6, 6.07) is 0. The standard InChI is InChI=1S/C42H81NO6/c1-4-7-10-13-16-22-29-38-47-42(46)48-39-30-23-28-35-43(36-37-44)34-27-21-17-20-26-33-41(45)49-40(31-24-18-14-11-8-5-2)32-25-19-15-12-9-6-3/h7,10,40,44H,4-6,8-9,11-39H2,1-3H3/b10-7-. The molecule has 0 saturated carbocycles. The van der Waals surface area contributed by atoms with Crippen LogP contribution in [-0.2, 0) is 19.0 Å². The van der Waals surface area contributed by atoms with Gasteiger partial charge in [-0.25, -0.2) is 4.79 Å². The van der Waals surface area contributed by atoms with Crippen LogP contribution in [0.25, 0.3) is 0 Å². The molecule has 0 aliphatic carbocycles. The Balaban J connectivity index is 3.98. The second-order valence-electron chi connectivity index (χ2n) is 14.0. The van der Waals surface area contributed by atoms with Crippen molar-refractivity contribution in [2.75, 3.05) is 39.5 Å². The van der Waals surface area contributed by atoms with Crippen LogP contribution in [0.2, 0.25) is 0 Å². The van der Waals surface area contributed by atoms with Crippen molar-refractivity contribution in [1.82, 2.24) is 4.90 Å². The van der Waals surface area contributed by atoms with Crippen molar-refractivity contribution in [2.24, 2.45) is 0 Å². The minimum atomic E-state index is -0.555. The fraction of sp³-hybridized carbons (Fsp3) is 0.905. The molecule has 0 amide bonds. The van der Waals surface area contributed by atoms with E-state index in [1.807, 2.05) is 0 Å². The third-order valence-electron chi connectivity index (χ3n) is 9.30. The van der Waals surface area contributed by atoms with Crippen molar-refractivity contribution in [3.05, 3.63) is 12.2 Å². The minimum absolute atomic E-state index is 0.0000756. The molecule has 0 spiro atoms. The topological polar surface area (TPSA) is 85.3 Å². The van der Waals surface area contributed by atoms with E-state index in [9.17, 15) is 14.7 Å². The Hall–Kier alpha value is -1.60. The van der Waals surface area contributed by atoms with Gasteiger partial charge in [0.25, 0.3) is 0 Å². The van der Waals surface area contributed by atoms with E-state index < -0.39 is 6.16 Å². The molecule has 290 valence electrons. The second-order valence-corrected chi connectivity index (χ2v) is 14.0. The van der Waals surface area contributed by atoms with Gasteiger partial charge in [0.2, 0.25) is 0 Å². The molecule has 0 aliphatic heterocycles. The summed E-state index contributed by atoms with van der Waals surface area (Å²) in [4.78, 5) is 26.8. The first-order valence-corrected chi connectivity index (χ1v) is 21.0. The van der Waals surface area contributed by atoms with E-state index in [4.69, 9.17) is 14.2 Å². The van der Waals surface area contributed by atoms with Gasteiger partial charge in [-0.05, 0) is 103 Å². The van der Waals surface area contributed by atoms with Crippen LogP contribution in [-0.4, -0.2) is 67.7 Å². The molecule has 7 nitrogen and oxygen atoms in total. The summed E-state index contributed by atoms with van der Waals surface area (Å²) in [5.74, 6) is -0.0000756. The number of aliphatic hydroxyl groups is 1. The summed E-state index contributed by atoms with van der Waals surface area (Å²) >= 11 is 0. The van der Waals surface area contributed by atoms with Gasteiger partial charge in [-0.15, -0.1) is 0 Å². The van der Waals surface area contributed by atoms with Crippen molar-refractivity contribution in [3.63, 3.8) is 0 Å². The van der Waals surface area contributed by atoms with Gasteiger partial charge in [-0.3, -0.25) is 4.79 Å². The first-order valence-electron chi connectivity index (χ1n) is 21.0. The molecular formula is C42H81NO6. The van der Waals surface area contributed by atoms with Crippen LogP contribution < -0.4 is 0 Å². The van der Waals surface area contributed by atoms with Crippen LogP contribution >= 0.6 is 0 Å². The van der Waals surface area contributed by atoms with Gasteiger partial charge in [0.1, 0.15) is 6.10 Å². The largest absolute Gasteiger partial charge is 0.508 e. The van der Waals surface area contributed by atoms with Crippen molar-refractivity contribution >= 4 is 12.1 Å². The number of rotatable bonds is 38. The summed E-state index contributed by atoms with van der Waals surface area (Å²) < 4.78 is 16.4. The quantitative estimate of drug-likeness (QED) is 0.0391. The third kappa shape index (κ3) is 36.0. The van der Waals surface area contributed by atoms with E-state index >= 15 is 0 Å². The summed E-state index contributed by atoms with van der Waals surface area (Å²) in [7, 11) is 0. The maximum absolute atomic E-state index is 12.7. The van der Waals surface area contributed by atoms with Gasteiger partial charge in [-0.1, -0.05) is 116 Å². The van der Waals surface area contributed by atoms with Gasteiger partial charge < -0.3 is 24.2 Å². The maximum atomic E-state index is 12.7. The van der Waals surface area contributed by atoms with E-state index in [1.54, 1.807) is 0 Å². The lowest BCUT2D eigenvalue weighted by Gasteiger charge is -2.21. The minimum Gasteiger partial charge on any atom is -0.462 e. The molecule has 0 bridgehead atoms. The Kier molecular flexibility index (Phi) is 37.9. The van der Waals surface area contributed by atoms with Crippen LogP contribution in [0.3, 0.4) is 0 Å². The smallest absolute Gasteiger partial charge is 0.462 e. The number of nitrogens with zero attached hydrogens (tertiary/aromatic N) is 1. The van der Waals surface area contributed by atoms with Gasteiger partial charge in [-0.2, -0.15) is 0 Å². The van der Waals surface area contributed by atoms with Crippen LogP contribution in [0.5, 0.6) is 0 Å². The molecule has 0 aromatic carbocycles. The molecule has 0 saturated heterocycles. The molecular weight excluding hydrogens is 614 g/mol. The average Bonchev–Trinajstić information content (AvgIpc) is 3.09. The van der Waals surface area contributed by atoms with Crippen LogP contribution in [0.1, 0.15) is 201 Å². The SMILES string of the molecule is CC/C=C\CCCCCOC(=O)OCCCCCN(CCO)CCCCCCCC(=O)OC(CCCCCCCC)CCCCCCCC. The normalized spacial score (nSPS) is 11.6. The number of hydrogen-bond acceptors (Lipinski definition) is 7. The Labute approximate surface area is 303 Å². The predicted molar refractivity (Wildman–Crippen MR) is 206 cm³/mol. The first kappa shape index (κ1) is 47.4. The number of allylic oxidation sites excluding steroid dienone is 2. The molecule has 0 atom stereocenters. The fourth-order valence-corrected chi connectivity index (χ4v) is 6.22. The number of carbonyl (C=O) groups excluding carboxylic acids is 2. The van der Waals surface area contributed by atoms with E-state index in [1.165, 1.54) is 77.0 Å². The number of carbonyl (C=O) groups is 2. The highest BCUT2D eigenvalue weighted by Crippen LogP contribution is 2.18. The monoisotopic (exact) mass is 696 g/mol. The lowest BCUT2D eigenvalue weighted by Crippen LogP contribution is -2.29. The fourth-order valence-electron chi connectivity index (χ4n) is 6.22. The van der Waals surface area contributed by atoms with Gasteiger partial charge >= 0.3 is 12.1 Å². The van der Waals surface area contributed by atoms with E-state index in [0.717, 1.165) is 109 Å².